The molecule has 0 amide bonds. The number of aliphatic imine (C=N–C) groups is 1. The van der Waals surface area contributed by atoms with Gasteiger partial charge in [-0.25, -0.2) is 18.8 Å². The number of pyridine rings is 1. The lowest BCUT2D eigenvalue weighted by atomic mass is 10.0. The Balaban J connectivity index is 1.82. The molecule has 0 bridgehead atoms. The lowest BCUT2D eigenvalue weighted by Crippen LogP contribution is -2.09. The van der Waals surface area contributed by atoms with Gasteiger partial charge in [-0.2, -0.15) is 13.2 Å². The van der Waals surface area contributed by atoms with Crippen LogP contribution < -0.4 is 4.72 Å². The predicted octanol–water partition coefficient (Wildman–Crippen LogP) is 4.46. The molecule has 0 fully saturated rings. The van der Waals surface area contributed by atoms with Gasteiger partial charge in [0.15, 0.2) is 0 Å². The van der Waals surface area contributed by atoms with E-state index in [0.717, 1.165) is 12.3 Å². The fourth-order valence-electron chi connectivity index (χ4n) is 2.64. The molecule has 2 aromatic heterocycles. The minimum atomic E-state index is -4.64. The second kappa shape index (κ2) is 7.78. The molecule has 0 spiro atoms. The summed E-state index contributed by atoms with van der Waals surface area (Å²) in [5, 5.41) is 7.97. The molecule has 1 aliphatic rings. The standard InChI is InChI=1S/C18H13F4N7S/c1-10-24-9-30(28-10)29-17-25-16(12-4-2-3-5-13(12)19)15(26-27-17)11-6-7-23-14(8-11)18(20,21)22/h2-9,30H,1H3,(H,25,27,29). The monoisotopic (exact) mass is 435 g/mol. The average molecular weight is 435 g/mol. The van der Waals surface area contributed by atoms with Gasteiger partial charge in [-0.15, -0.1) is 10.2 Å². The molecule has 3 aromatic rings. The number of nitrogens with one attached hydrogen (secondary N) is 1. The molecule has 0 aliphatic carbocycles. The molecular weight excluding hydrogens is 422 g/mol. The Morgan fingerprint density at radius 3 is 2.53 bits per heavy atom. The van der Waals surface area contributed by atoms with E-state index in [1.807, 2.05) is 0 Å². The number of rotatable bonds is 4. The first-order chi connectivity index (χ1) is 14.3. The van der Waals surface area contributed by atoms with Crippen molar-refractivity contribution in [2.75, 3.05) is 4.72 Å². The van der Waals surface area contributed by atoms with Crippen molar-refractivity contribution in [3.63, 3.8) is 0 Å². The Hall–Kier alpha value is -3.41. The normalized spacial score (nSPS) is 17.1. The fraction of sp³-hybridized carbons (Fsp3) is 0.111. The maximum absolute atomic E-state index is 14.5. The van der Waals surface area contributed by atoms with E-state index in [0.29, 0.717) is 5.84 Å². The molecule has 1 N–H and O–H groups in total. The Labute approximate surface area is 170 Å². The van der Waals surface area contributed by atoms with Crippen molar-refractivity contribution in [3.05, 3.63) is 54.1 Å². The second-order valence-electron chi connectivity index (χ2n) is 6.09. The number of halogens is 4. The fourth-order valence-corrected chi connectivity index (χ4v) is 3.74. The zero-order valence-corrected chi connectivity index (χ0v) is 16.2. The van der Waals surface area contributed by atoms with Gasteiger partial charge < -0.3 is 0 Å². The number of hydrogen-bond acceptors (Lipinski definition) is 7. The Morgan fingerprint density at radius 1 is 1.03 bits per heavy atom. The van der Waals surface area contributed by atoms with Gasteiger partial charge in [0, 0.05) is 17.3 Å². The number of hydrogen-bond donors (Lipinski definition) is 2. The summed E-state index contributed by atoms with van der Waals surface area (Å²) in [7, 11) is 0. The van der Waals surface area contributed by atoms with E-state index >= 15 is 0 Å². The molecule has 30 heavy (non-hydrogen) atoms. The van der Waals surface area contributed by atoms with Crippen molar-refractivity contribution < 1.29 is 17.6 Å². The summed E-state index contributed by atoms with van der Waals surface area (Å²) >= 11 is -1.21. The van der Waals surface area contributed by atoms with Gasteiger partial charge in [-0.3, -0.25) is 9.71 Å². The predicted molar refractivity (Wildman–Crippen MR) is 108 cm³/mol. The molecule has 0 saturated carbocycles. The number of amidine groups is 1. The van der Waals surface area contributed by atoms with Crippen molar-refractivity contribution in [1.82, 2.24) is 20.2 Å². The number of thiol groups is 1. The molecule has 4 rings (SSSR count). The highest BCUT2D eigenvalue weighted by molar-refractivity contribution is 8.28. The SMILES string of the molecule is CC1=N[SH](Nc2nnc(-c3ccnc(C(F)(F)F)c3)c(-c3ccccc3F)n2)C=N1. The van der Waals surface area contributed by atoms with Crippen molar-refractivity contribution in [2.24, 2.45) is 9.39 Å². The van der Waals surface area contributed by atoms with E-state index in [9.17, 15) is 17.6 Å². The topological polar surface area (TPSA) is 88.3 Å². The summed E-state index contributed by atoms with van der Waals surface area (Å²) < 4.78 is 60.9. The van der Waals surface area contributed by atoms with Crippen LogP contribution in [0.25, 0.3) is 22.5 Å². The van der Waals surface area contributed by atoms with Crippen LogP contribution in [0, 0.1) is 5.82 Å². The Morgan fingerprint density at radius 2 is 1.83 bits per heavy atom. The highest BCUT2D eigenvalue weighted by atomic mass is 32.2. The van der Waals surface area contributed by atoms with Crippen molar-refractivity contribution in [1.29, 1.82) is 0 Å². The first-order valence-corrected chi connectivity index (χ1v) is 9.86. The summed E-state index contributed by atoms with van der Waals surface area (Å²) in [6.07, 6.45) is -3.64. The minimum Gasteiger partial charge on any atom is -0.295 e. The number of benzene rings is 1. The van der Waals surface area contributed by atoms with Gasteiger partial charge in [0.2, 0.25) is 0 Å². The average Bonchev–Trinajstić information content (AvgIpc) is 3.12. The molecule has 7 nitrogen and oxygen atoms in total. The van der Waals surface area contributed by atoms with Crippen LogP contribution in [0.5, 0.6) is 0 Å². The van der Waals surface area contributed by atoms with Gasteiger partial charge in [0.25, 0.3) is 5.95 Å². The third-order valence-electron chi connectivity index (χ3n) is 3.96. The van der Waals surface area contributed by atoms with Crippen LogP contribution in [0.2, 0.25) is 0 Å². The first kappa shape index (κ1) is 19.9. The third-order valence-corrected chi connectivity index (χ3v) is 5.23. The highest BCUT2D eigenvalue weighted by Crippen LogP contribution is 2.35. The number of nitrogens with zero attached hydrogens (tertiary/aromatic N) is 6. The van der Waals surface area contributed by atoms with Crippen LogP contribution in [-0.4, -0.2) is 31.5 Å². The molecular formula is C18H13F4N7S. The zero-order chi connectivity index (χ0) is 21.3. The molecule has 154 valence electrons. The summed E-state index contributed by atoms with van der Waals surface area (Å²) in [5.74, 6) is 0.0411. The summed E-state index contributed by atoms with van der Waals surface area (Å²) in [4.78, 5) is 11.7. The van der Waals surface area contributed by atoms with Crippen LogP contribution >= 0.6 is 11.3 Å². The molecule has 1 atom stereocenters. The van der Waals surface area contributed by atoms with Gasteiger partial charge in [-0.1, -0.05) is 12.1 Å². The van der Waals surface area contributed by atoms with E-state index in [1.54, 1.807) is 18.5 Å². The molecule has 1 aromatic carbocycles. The van der Waals surface area contributed by atoms with Crippen LogP contribution in [0.4, 0.5) is 23.5 Å². The maximum atomic E-state index is 14.5. The molecule has 0 saturated heterocycles. The van der Waals surface area contributed by atoms with E-state index in [4.69, 9.17) is 0 Å². The van der Waals surface area contributed by atoms with Crippen molar-refractivity contribution in [2.45, 2.75) is 13.1 Å². The number of alkyl halides is 3. The maximum Gasteiger partial charge on any atom is 0.433 e. The van der Waals surface area contributed by atoms with E-state index in [-0.39, 0.29) is 28.5 Å². The van der Waals surface area contributed by atoms with Crippen LogP contribution in [-0.2, 0) is 6.18 Å². The second-order valence-corrected chi connectivity index (χ2v) is 7.43. The molecule has 12 heteroatoms. The Kier molecular flexibility index (Phi) is 5.16. The first-order valence-electron chi connectivity index (χ1n) is 8.50. The lowest BCUT2D eigenvalue weighted by molar-refractivity contribution is -0.141. The number of aromatic nitrogens is 4. The van der Waals surface area contributed by atoms with Crippen LogP contribution in [0.15, 0.2) is 52.0 Å². The molecule has 0 radical (unpaired) electrons. The quantitative estimate of drug-likeness (QED) is 0.467. The van der Waals surface area contributed by atoms with E-state index in [1.165, 1.54) is 24.3 Å². The summed E-state index contributed by atoms with van der Waals surface area (Å²) in [6.45, 7) is 1.73. The smallest absolute Gasteiger partial charge is 0.295 e. The highest BCUT2D eigenvalue weighted by Gasteiger charge is 2.33. The third kappa shape index (κ3) is 4.13. The Bertz CT molecular complexity index is 1160. The van der Waals surface area contributed by atoms with Crippen molar-refractivity contribution in [3.8, 4) is 22.5 Å². The minimum absolute atomic E-state index is 0.00824. The molecule has 3 heterocycles. The van der Waals surface area contributed by atoms with Crippen LogP contribution in [0.3, 0.4) is 0 Å². The molecule has 1 aliphatic heterocycles. The lowest BCUT2D eigenvalue weighted by Gasteiger charge is -2.14. The van der Waals surface area contributed by atoms with E-state index < -0.39 is 29.0 Å². The summed E-state index contributed by atoms with van der Waals surface area (Å²) in [6, 6.07) is 7.93. The van der Waals surface area contributed by atoms with Crippen LogP contribution in [0.1, 0.15) is 12.6 Å². The largest absolute Gasteiger partial charge is 0.433 e. The molecule has 1 unspecified atom stereocenters. The zero-order valence-electron chi connectivity index (χ0n) is 15.3. The number of anilines is 1. The summed E-state index contributed by atoms with van der Waals surface area (Å²) in [5.41, 5.74) is 0.665. The van der Waals surface area contributed by atoms with Crippen molar-refractivity contribution >= 4 is 28.6 Å². The van der Waals surface area contributed by atoms with E-state index in [2.05, 4.69) is 34.3 Å². The van der Waals surface area contributed by atoms with Gasteiger partial charge >= 0.3 is 6.18 Å². The van der Waals surface area contributed by atoms with Gasteiger partial charge in [0.05, 0.1) is 5.55 Å². The van der Waals surface area contributed by atoms with Gasteiger partial charge in [0.1, 0.15) is 28.7 Å². The van der Waals surface area contributed by atoms with Gasteiger partial charge in [-0.05, 0) is 42.5 Å².